The molecule has 12 heteroatoms. The van der Waals surface area contributed by atoms with Gasteiger partial charge in [-0.2, -0.15) is 6.07 Å². The number of benzene rings is 7. The molecule has 9 aromatic rings. The quantitative estimate of drug-likeness (QED) is 0.0624. The molecule has 0 aliphatic carbocycles. The number of hydrogen-bond donors (Lipinski definition) is 0. The molecule has 1 aliphatic rings. The van der Waals surface area contributed by atoms with E-state index in [0.29, 0.717) is 39.6 Å². The van der Waals surface area contributed by atoms with E-state index in [9.17, 15) is 17.6 Å². The van der Waals surface area contributed by atoms with Gasteiger partial charge in [-0.1, -0.05) is 96.4 Å². The first kappa shape index (κ1) is 48.2. The third-order valence-corrected chi connectivity index (χ3v) is 12.7. The molecule has 0 atom stereocenters. The van der Waals surface area contributed by atoms with E-state index in [2.05, 4.69) is 55.7 Å². The monoisotopic (exact) mass is 1120 g/mol. The van der Waals surface area contributed by atoms with Gasteiger partial charge in [0.05, 0.1) is 5.56 Å². The third kappa shape index (κ3) is 8.42. The molecule has 70 heavy (non-hydrogen) atoms. The maximum absolute atomic E-state index is 15.4. The molecular weight excluding hydrogens is 1080 g/mol. The number of pyridine rings is 1. The summed E-state index contributed by atoms with van der Waals surface area (Å²) in [6, 6.07) is 43.8. The maximum Gasteiger partial charge on any atom is 0.200 e. The van der Waals surface area contributed by atoms with Crippen LogP contribution in [0, 0.1) is 53.7 Å². The van der Waals surface area contributed by atoms with Crippen LogP contribution in [0.4, 0.5) is 49.1 Å². The van der Waals surface area contributed by atoms with Gasteiger partial charge in [0, 0.05) is 61.3 Å². The fourth-order valence-corrected chi connectivity index (χ4v) is 9.14. The molecule has 0 unspecified atom stereocenters. The van der Waals surface area contributed by atoms with Gasteiger partial charge in [-0.15, -0.1) is 53.6 Å². The van der Waals surface area contributed by atoms with E-state index < -0.39 is 34.6 Å². The van der Waals surface area contributed by atoms with E-state index >= 15 is 8.78 Å². The second-order valence-electron chi connectivity index (χ2n) is 18.9. The molecule has 0 radical (unpaired) electrons. The SMILES string of the molecule is CC(C)c1cc(-c2c(F)c(F)c(F)c(F)c2F)cc(C(C)C)c1N1[CH-]N(c2[c-]c(Oc3[c-]c4c(cc3)c3ccccc3n4-c3cc(C(C)(C)C)ccn3)cc(-c3ccc(F)cc3)c2)c2ccccc21.[Pt]. The molecular formula is C58H45F6N4OPt-3. The van der Waals surface area contributed by atoms with E-state index in [1.165, 1.54) is 24.3 Å². The second kappa shape index (κ2) is 18.5. The number of hydrogen-bond acceptors (Lipinski definition) is 4. The van der Waals surface area contributed by atoms with Gasteiger partial charge in [-0.25, -0.2) is 31.3 Å². The molecule has 0 saturated heterocycles. The van der Waals surface area contributed by atoms with Crippen LogP contribution in [0.25, 0.3) is 49.9 Å². The van der Waals surface area contributed by atoms with Gasteiger partial charge < -0.3 is 19.1 Å². The number of anilines is 4. The zero-order valence-electron chi connectivity index (χ0n) is 39.1. The van der Waals surface area contributed by atoms with Crippen molar-refractivity contribution in [3.05, 3.63) is 198 Å². The van der Waals surface area contributed by atoms with E-state index in [0.717, 1.165) is 50.1 Å². The molecule has 0 spiro atoms. The van der Waals surface area contributed by atoms with E-state index in [4.69, 9.17) is 9.72 Å². The summed E-state index contributed by atoms with van der Waals surface area (Å²) in [5, 5.41) is 2.00. The van der Waals surface area contributed by atoms with Crippen molar-refractivity contribution >= 4 is 44.6 Å². The Morgan fingerprint density at radius 2 is 1.20 bits per heavy atom. The van der Waals surface area contributed by atoms with Crippen molar-refractivity contribution in [3.8, 4) is 39.6 Å². The standard InChI is InChI=1S/C58H45F6N4O.Pt/c1-32(2)44-26-36(51-52(60)54(62)56(64)55(63)53(51)61)27-45(33(3)4)57(44)67-31-66(47-14-10-11-15-48(47)67)39-24-35(34-16-18-38(59)19-17-34)25-41(29-39)69-40-20-21-43-42-12-8-9-13-46(42)68(49(43)30-40)50-28-37(22-23-65-50)58(5,6)7;/h8-28,31-33H,1-7H3;/q-3;. The van der Waals surface area contributed by atoms with Crippen LogP contribution in [-0.2, 0) is 26.5 Å². The number of halogens is 6. The van der Waals surface area contributed by atoms with Crippen molar-refractivity contribution in [2.24, 2.45) is 0 Å². The summed E-state index contributed by atoms with van der Waals surface area (Å²) < 4.78 is 97.4. The Balaban J connectivity index is 0.00000608. The zero-order valence-corrected chi connectivity index (χ0v) is 41.4. The fraction of sp³-hybridized carbons (Fsp3) is 0.172. The number of ether oxygens (including phenoxy) is 1. The van der Waals surface area contributed by atoms with Crippen LogP contribution in [0.2, 0.25) is 0 Å². The molecule has 10 rings (SSSR count). The van der Waals surface area contributed by atoms with Crippen molar-refractivity contribution in [3.63, 3.8) is 0 Å². The summed E-state index contributed by atoms with van der Waals surface area (Å²) in [6.07, 6.45) is 1.83. The van der Waals surface area contributed by atoms with Gasteiger partial charge >= 0.3 is 0 Å². The van der Waals surface area contributed by atoms with Gasteiger partial charge in [0.1, 0.15) is 11.6 Å². The van der Waals surface area contributed by atoms with E-state index in [1.54, 1.807) is 12.1 Å². The molecule has 7 aromatic carbocycles. The summed E-state index contributed by atoms with van der Waals surface area (Å²) >= 11 is 0. The minimum atomic E-state index is -2.21. The molecule has 3 heterocycles. The van der Waals surface area contributed by atoms with Gasteiger partial charge in [0.15, 0.2) is 23.3 Å². The summed E-state index contributed by atoms with van der Waals surface area (Å²) in [5.41, 5.74) is 7.06. The van der Waals surface area contributed by atoms with Crippen molar-refractivity contribution < 1.29 is 52.1 Å². The smallest absolute Gasteiger partial charge is 0.200 e. The molecule has 1 aliphatic heterocycles. The average Bonchev–Trinajstić information content (AvgIpc) is 3.88. The maximum atomic E-state index is 15.4. The number of nitrogens with zero attached hydrogens (tertiary/aromatic N) is 4. The molecule has 0 amide bonds. The van der Waals surface area contributed by atoms with Crippen molar-refractivity contribution in [1.82, 2.24) is 9.55 Å². The number of aromatic nitrogens is 2. The predicted molar refractivity (Wildman–Crippen MR) is 262 cm³/mol. The molecule has 0 bridgehead atoms. The van der Waals surface area contributed by atoms with Crippen LogP contribution >= 0.6 is 0 Å². The Morgan fingerprint density at radius 3 is 1.84 bits per heavy atom. The molecule has 0 N–H and O–H groups in total. The fourth-order valence-electron chi connectivity index (χ4n) is 9.14. The zero-order chi connectivity index (χ0) is 48.6. The van der Waals surface area contributed by atoms with Gasteiger partial charge in [-0.3, -0.25) is 0 Å². The minimum absolute atomic E-state index is 0. The van der Waals surface area contributed by atoms with E-state index in [1.807, 2.05) is 117 Å². The first-order chi connectivity index (χ1) is 33.0. The van der Waals surface area contributed by atoms with Crippen LogP contribution in [0.3, 0.4) is 0 Å². The van der Waals surface area contributed by atoms with Gasteiger partial charge in [-0.05, 0) is 105 Å². The first-order valence-corrected chi connectivity index (χ1v) is 22.6. The number of para-hydroxylation sites is 3. The summed E-state index contributed by atoms with van der Waals surface area (Å²) in [4.78, 5) is 8.73. The van der Waals surface area contributed by atoms with Crippen LogP contribution < -0.4 is 14.5 Å². The van der Waals surface area contributed by atoms with Crippen molar-refractivity contribution in [2.75, 3.05) is 9.80 Å². The normalized spacial score (nSPS) is 12.7. The topological polar surface area (TPSA) is 33.5 Å². The third-order valence-electron chi connectivity index (χ3n) is 12.7. The van der Waals surface area contributed by atoms with Crippen LogP contribution in [0.1, 0.15) is 77.0 Å². The largest absolute Gasteiger partial charge is 0.509 e. The van der Waals surface area contributed by atoms with Gasteiger partial charge in [0.25, 0.3) is 0 Å². The second-order valence-corrected chi connectivity index (χ2v) is 18.9. The van der Waals surface area contributed by atoms with Gasteiger partial charge in [0.2, 0.25) is 5.82 Å². The molecule has 5 nitrogen and oxygen atoms in total. The Morgan fingerprint density at radius 1 is 0.586 bits per heavy atom. The summed E-state index contributed by atoms with van der Waals surface area (Å²) in [5.74, 6) is -9.44. The number of fused-ring (bicyclic) bond motifs is 4. The van der Waals surface area contributed by atoms with Crippen LogP contribution in [0.5, 0.6) is 11.5 Å². The average molecular weight is 1120 g/mol. The minimum Gasteiger partial charge on any atom is -0.509 e. The van der Waals surface area contributed by atoms with Crippen molar-refractivity contribution in [1.29, 1.82) is 0 Å². The van der Waals surface area contributed by atoms with E-state index in [-0.39, 0.29) is 49.7 Å². The predicted octanol–water partition coefficient (Wildman–Crippen LogP) is 16.7. The number of rotatable bonds is 9. The summed E-state index contributed by atoms with van der Waals surface area (Å²) in [7, 11) is 0. The summed E-state index contributed by atoms with van der Waals surface area (Å²) in [6.45, 7) is 16.0. The Labute approximate surface area is 417 Å². The molecule has 0 fully saturated rings. The Bertz CT molecular complexity index is 3430. The Kier molecular flexibility index (Phi) is 12.7. The Hall–Kier alpha value is -6.84. The first-order valence-electron chi connectivity index (χ1n) is 22.6. The molecule has 2 aromatic heterocycles. The van der Waals surface area contributed by atoms with Crippen molar-refractivity contribution in [2.45, 2.75) is 65.7 Å². The van der Waals surface area contributed by atoms with Crippen LogP contribution in [0.15, 0.2) is 128 Å². The van der Waals surface area contributed by atoms with Crippen LogP contribution in [-0.4, -0.2) is 9.55 Å². The molecule has 0 saturated carbocycles. The molecule has 358 valence electrons.